The van der Waals surface area contributed by atoms with Gasteiger partial charge in [-0.25, -0.2) is 9.97 Å². The van der Waals surface area contributed by atoms with Crippen molar-refractivity contribution in [2.75, 3.05) is 12.3 Å². The van der Waals surface area contributed by atoms with E-state index in [2.05, 4.69) is 15.3 Å². The highest BCUT2D eigenvalue weighted by atomic mass is 32.1. The summed E-state index contributed by atoms with van der Waals surface area (Å²) in [5, 5.41) is 12.7. The Labute approximate surface area is 148 Å². The lowest BCUT2D eigenvalue weighted by molar-refractivity contribution is 0.0945. The number of carbonyl (C=O) groups is 1. The molecule has 2 aromatic heterocycles. The van der Waals surface area contributed by atoms with Crippen molar-refractivity contribution in [1.82, 2.24) is 15.3 Å². The van der Waals surface area contributed by atoms with Gasteiger partial charge in [-0.2, -0.15) is 5.26 Å². The Bertz CT molecular complexity index is 944. The van der Waals surface area contributed by atoms with Crippen molar-refractivity contribution in [2.45, 2.75) is 13.5 Å². The molecular formula is C17H15N5O2S. The van der Waals surface area contributed by atoms with E-state index in [1.165, 1.54) is 17.4 Å². The van der Waals surface area contributed by atoms with Crippen LogP contribution >= 0.6 is 11.3 Å². The van der Waals surface area contributed by atoms with Crippen LogP contribution in [0.3, 0.4) is 0 Å². The minimum Gasteiger partial charge on any atom is -0.477 e. The van der Waals surface area contributed by atoms with Crippen molar-refractivity contribution >= 4 is 33.1 Å². The normalized spacial score (nSPS) is 10.4. The molecule has 0 bridgehead atoms. The van der Waals surface area contributed by atoms with Gasteiger partial charge in [-0.15, -0.1) is 11.3 Å². The average molecular weight is 353 g/mol. The lowest BCUT2D eigenvalue weighted by Gasteiger charge is -2.09. The number of hydrogen-bond donors (Lipinski definition) is 2. The lowest BCUT2D eigenvalue weighted by Crippen LogP contribution is -2.24. The van der Waals surface area contributed by atoms with Gasteiger partial charge in [0.2, 0.25) is 5.88 Å². The minimum absolute atomic E-state index is 0.0649. The van der Waals surface area contributed by atoms with E-state index in [4.69, 9.17) is 15.7 Å². The van der Waals surface area contributed by atoms with Gasteiger partial charge in [0.05, 0.1) is 29.1 Å². The molecule has 3 aromatic rings. The van der Waals surface area contributed by atoms with Gasteiger partial charge in [-0.3, -0.25) is 4.79 Å². The number of pyridine rings is 1. The quantitative estimate of drug-likeness (QED) is 0.728. The Morgan fingerprint density at radius 1 is 1.40 bits per heavy atom. The molecule has 0 saturated heterocycles. The van der Waals surface area contributed by atoms with Gasteiger partial charge in [-0.1, -0.05) is 12.1 Å². The molecule has 25 heavy (non-hydrogen) atoms. The van der Waals surface area contributed by atoms with Crippen LogP contribution in [0.2, 0.25) is 0 Å². The topological polar surface area (TPSA) is 114 Å². The second-order valence-electron chi connectivity index (χ2n) is 5.08. The monoisotopic (exact) mass is 353 g/mol. The fourth-order valence-corrected chi connectivity index (χ4v) is 3.16. The van der Waals surface area contributed by atoms with Gasteiger partial charge in [0, 0.05) is 0 Å². The molecule has 0 unspecified atom stereocenters. The predicted octanol–water partition coefficient (Wildman–Crippen LogP) is 2.47. The van der Waals surface area contributed by atoms with E-state index in [1.54, 1.807) is 6.92 Å². The molecule has 8 heteroatoms. The molecule has 1 aromatic carbocycles. The number of para-hydroxylation sites is 1. The number of nitrogens with zero attached hydrogens (tertiary/aromatic N) is 3. The summed E-state index contributed by atoms with van der Waals surface area (Å²) in [5.74, 6) is -0.341. The third kappa shape index (κ3) is 3.51. The Balaban J connectivity index is 1.77. The number of nitrogens with one attached hydrogen (secondary N) is 1. The summed E-state index contributed by atoms with van der Waals surface area (Å²) in [4.78, 5) is 20.9. The second-order valence-corrected chi connectivity index (χ2v) is 6.19. The summed E-state index contributed by atoms with van der Waals surface area (Å²) < 4.78 is 6.36. The van der Waals surface area contributed by atoms with Crippen LogP contribution in [0.4, 0.5) is 5.69 Å². The first-order valence-corrected chi connectivity index (χ1v) is 8.40. The molecule has 0 spiro atoms. The summed E-state index contributed by atoms with van der Waals surface area (Å²) in [6.07, 6.45) is 0. The molecule has 3 rings (SSSR count). The maximum atomic E-state index is 12.4. The summed E-state index contributed by atoms with van der Waals surface area (Å²) in [5.41, 5.74) is 7.11. The van der Waals surface area contributed by atoms with E-state index in [9.17, 15) is 4.79 Å². The minimum atomic E-state index is -0.406. The summed E-state index contributed by atoms with van der Waals surface area (Å²) >= 11 is 1.52. The van der Waals surface area contributed by atoms with Crippen LogP contribution in [0.15, 0.2) is 30.3 Å². The zero-order valence-corrected chi connectivity index (χ0v) is 14.3. The highest BCUT2D eigenvalue weighted by Crippen LogP contribution is 2.23. The number of rotatable bonds is 5. The van der Waals surface area contributed by atoms with Gasteiger partial charge in [0.1, 0.15) is 22.3 Å². The molecule has 3 N–H and O–H groups in total. The first kappa shape index (κ1) is 16.7. The van der Waals surface area contributed by atoms with Gasteiger partial charge in [-0.05, 0) is 25.1 Å². The predicted molar refractivity (Wildman–Crippen MR) is 95.3 cm³/mol. The summed E-state index contributed by atoms with van der Waals surface area (Å²) in [6, 6.07) is 11.1. The molecule has 0 aliphatic heterocycles. The maximum Gasteiger partial charge on any atom is 0.270 e. The van der Waals surface area contributed by atoms with E-state index < -0.39 is 5.91 Å². The molecule has 0 fully saturated rings. The molecule has 2 heterocycles. The van der Waals surface area contributed by atoms with Crippen LogP contribution in [0, 0.1) is 11.3 Å². The van der Waals surface area contributed by atoms with Crippen LogP contribution in [-0.2, 0) is 6.54 Å². The fourth-order valence-electron chi connectivity index (χ4n) is 2.25. The lowest BCUT2D eigenvalue weighted by atomic mass is 10.2. The molecule has 0 aliphatic rings. The van der Waals surface area contributed by atoms with Crippen LogP contribution < -0.4 is 15.8 Å². The van der Waals surface area contributed by atoms with E-state index >= 15 is 0 Å². The number of carbonyl (C=O) groups excluding carboxylic acids is 1. The first-order valence-electron chi connectivity index (χ1n) is 7.58. The second kappa shape index (κ2) is 7.15. The number of hydrogen-bond acceptors (Lipinski definition) is 7. The van der Waals surface area contributed by atoms with E-state index in [0.717, 1.165) is 15.2 Å². The van der Waals surface area contributed by atoms with Gasteiger partial charge in [0.15, 0.2) is 0 Å². The van der Waals surface area contributed by atoms with Crippen LogP contribution in [0.25, 0.3) is 10.2 Å². The number of aromatic nitrogens is 2. The van der Waals surface area contributed by atoms with Crippen molar-refractivity contribution in [2.24, 2.45) is 0 Å². The molecule has 0 radical (unpaired) electrons. The number of nitrogens with two attached hydrogens (primary N) is 1. The molecule has 1 amide bonds. The molecule has 0 atom stereocenters. The van der Waals surface area contributed by atoms with Crippen LogP contribution in [0.1, 0.15) is 28.0 Å². The number of thiazole rings is 1. The van der Waals surface area contributed by atoms with Crippen molar-refractivity contribution in [3.05, 3.63) is 46.6 Å². The van der Waals surface area contributed by atoms with Gasteiger partial charge in [0.25, 0.3) is 5.91 Å². The fraction of sp³-hybridized carbons (Fsp3) is 0.176. The van der Waals surface area contributed by atoms with Crippen molar-refractivity contribution < 1.29 is 9.53 Å². The summed E-state index contributed by atoms with van der Waals surface area (Å²) in [6.45, 7) is 2.36. The molecule has 7 nitrogen and oxygen atoms in total. The number of fused-ring (bicyclic) bond motifs is 1. The van der Waals surface area contributed by atoms with E-state index in [-0.39, 0.29) is 29.4 Å². The highest BCUT2D eigenvalue weighted by Gasteiger charge is 2.16. The third-order valence-electron chi connectivity index (χ3n) is 3.38. The Morgan fingerprint density at radius 3 is 2.92 bits per heavy atom. The van der Waals surface area contributed by atoms with Gasteiger partial charge >= 0.3 is 0 Å². The number of anilines is 1. The average Bonchev–Trinajstić information content (AvgIpc) is 3.02. The number of benzene rings is 1. The zero-order valence-electron chi connectivity index (χ0n) is 13.4. The molecule has 0 saturated carbocycles. The number of nitriles is 1. The van der Waals surface area contributed by atoms with Crippen LogP contribution in [-0.4, -0.2) is 22.5 Å². The highest BCUT2D eigenvalue weighted by molar-refractivity contribution is 7.18. The number of ether oxygens (including phenoxy) is 1. The Kier molecular flexibility index (Phi) is 4.77. The van der Waals surface area contributed by atoms with E-state index in [1.807, 2.05) is 30.3 Å². The Morgan fingerprint density at radius 2 is 2.20 bits per heavy atom. The van der Waals surface area contributed by atoms with Gasteiger partial charge < -0.3 is 15.8 Å². The molecule has 126 valence electrons. The van der Waals surface area contributed by atoms with Crippen LogP contribution in [0.5, 0.6) is 5.88 Å². The molecule has 0 aliphatic carbocycles. The number of nitrogen functional groups attached to an aromatic ring is 1. The number of amides is 1. The standard InChI is InChI=1S/C17H15N5O2S/c1-2-24-17-10(8-18)11(19)7-13(22-17)16(23)20-9-15-21-12-5-3-4-6-14(12)25-15/h3-7H,2,9H2,1H3,(H2,19,22)(H,20,23). The molecular weight excluding hydrogens is 338 g/mol. The van der Waals surface area contributed by atoms with Crippen molar-refractivity contribution in [3.8, 4) is 11.9 Å². The smallest absolute Gasteiger partial charge is 0.270 e. The van der Waals surface area contributed by atoms with Crippen molar-refractivity contribution in [1.29, 1.82) is 5.26 Å². The largest absolute Gasteiger partial charge is 0.477 e. The summed E-state index contributed by atoms with van der Waals surface area (Å²) in [7, 11) is 0. The first-order chi connectivity index (χ1) is 12.1. The van der Waals surface area contributed by atoms with Crippen molar-refractivity contribution in [3.63, 3.8) is 0 Å². The third-order valence-corrected chi connectivity index (χ3v) is 4.42. The SMILES string of the molecule is CCOc1nc(C(=O)NCc2nc3ccccc3s2)cc(N)c1C#N. The van der Waals surface area contributed by atoms with E-state index in [0.29, 0.717) is 6.61 Å². The zero-order chi connectivity index (χ0) is 17.8. The maximum absolute atomic E-state index is 12.4. The Hall–Kier alpha value is -3.18.